The van der Waals surface area contributed by atoms with Crippen LogP contribution in [0.5, 0.6) is 0 Å². The molecule has 94 valence electrons. The third-order valence-corrected chi connectivity index (χ3v) is 3.51. The van der Waals surface area contributed by atoms with Crippen LogP contribution in [0, 0.1) is 11.7 Å². The number of ether oxygens (including phenoxy) is 1. The second kappa shape index (κ2) is 5.61. The zero-order valence-electron chi connectivity index (χ0n) is 10.2. The van der Waals surface area contributed by atoms with E-state index in [1.807, 2.05) is 13.0 Å². The summed E-state index contributed by atoms with van der Waals surface area (Å²) in [4.78, 5) is 0. The molecule has 3 heteroatoms. The zero-order valence-corrected chi connectivity index (χ0v) is 10.2. The minimum atomic E-state index is -0.178. The van der Waals surface area contributed by atoms with Crippen LogP contribution in [0.4, 0.5) is 4.39 Å². The highest BCUT2D eigenvalue weighted by molar-refractivity contribution is 5.28. The Morgan fingerprint density at radius 3 is 2.82 bits per heavy atom. The summed E-state index contributed by atoms with van der Waals surface area (Å²) >= 11 is 0. The van der Waals surface area contributed by atoms with Crippen LogP contribution >= 0.6 is 0 Å². The van der Waals surface area contributed by atoms with E-state index < -0.39 is 0 Å². The van der Waals surface area contributed by atoms with Gasteiger partial charge in [0.15, 0.2) is 0 Å². The van der Waals surface area contributed by atoms with Crippen molar-refractivity contribution in [3.63, 3.8) is 0 Å². The van der Waals surface area contributed by atoms with Gasteiger partial charge in [0.2, 0.25) is 0 Å². The highest BCUT2D eigenvalue weighted by Gasteiger charge is 2.29. The van der Waals surface area contributed by atoms with Crippen LogP contribution in [0.25, 0.3) is 0 Å². The molecule has 0 atom stereocenters. The van der Waals surface area contributed by atoms with Crippen LogP contribution < -0.4 is 0 Å². The first-order valence-corrected chi connectivity index (χ1v) is 6.23. The van der Waals surface area contributed by atoms with Crippen molar-refractivity contribution in [2.24, 2.45) is 5.92 Å². The van der Waals surface area contributed by atoms with Crippen LogP contribution in [-0.4, -0.2) is 17.8 Å². The summed E-state index contributed by atoms with van der Waals surface area (Å²) in [5, 5.41) is 8.90. The molecule has 2 nitrogen and oxygen atoms in total. The van der Waals surface area contributed by atoms with Crippen LogP contribution in [0.15, 0.2) is 18.2 Å². The Balaban J connectivity index is 1.91. The van der Waals surface area contributed by atoms with E-state index in [0.717, 1.165) is 24.8 Å². The minimum Gasteiger partial charge on any atom is -0.396 e. The van der Waals surface area contributed by atoms with Crippen molar-refractivity contribution in [3.05, 3.63) is 35.1 Å². The molecule has 0 spiro atoms. The molecule has 1 aromatic carbocycles. The van der Waals surface area contributed by atoms with Crippen molar-refractivity contribution in [1.29, 1.82) is 0 Å². The number of hydrogen-bond acceptors (Lipinski definition) is 2. The fourth-order valence-electron chi connectivity index (χ4n) is 2.26. The van der Waals surface area contributed by atoms with Crippen LogP contribution in [-0.2, 0) is 17.8 Å². The molecule has 2 rings (SSSR count). The van der Waals surface area contributed by atoms with Crippen molar-refractivity contribution in [3.8, 4) is 0 Å². The van der Waals surface area contributed by atoms with Gasteiger partial charge in [-0.3, -0.25) is 0 Å². The predicted octanol–water partition coefficient (Wildman–Crippen LogP) is 2.68. The summed E-state index contributed by atoms with van der Waals surface area (Å²) in [7, 11) is 0. The van der Waals surface area contributed by atoms with Crippen molar-refractivity contribution in [2.45, 2.75) is 38.9 Å². The van der Waals surface area contributed by atoms with Crippen molar-refractivity contribution in [1.82, 2.24) is 0 Å². The number of aliphatic hydroxyl groups is 1. The second-order valence-corrected chi connectivity index (χ2v) is 4.68. The molecule has 0 saturated heterocycles. The largest absolute Gasteiger partial charge is 0.396 e. The summed E-state index contributed by atoms with van der Waals surface area (Å²) in [6.45, 7) is 2.60. The predicted molar refractivity (Wildman–Crippen MR) is 64.2 cm³/mol. The van der Waals surface area contributed by atoms with Crippen LogP contribution in [0.2, 0.25) is 0 Å². The van der Waals surface area contributed by atoms with Gasteiger partial charge in [-0.15, -0.1) is 0 Å². The Morgan fingerprint density at radius 1 is 1.41 bits per heavy atom. The molecule has 1 fully saturated rings. The maximum atomic E-state index is 13.6. The summed E-state index contributed by atoms with van der Waals surface area (Å²) < 4.78 is 19.3. The van der Waals surface area contributed by atoms with Gasteiger partial charge in [0.25, 0.3) is 0 Å². The molecule has 1 N–H and O–H groups in total. The highest BCUT2D eigenvalue weighted by atomic mass is 19.1. The average Bonchev–Trinajstić information content (AvgIpc) is 2.29. The lowest BCUT2D eigenvalue weighted by atomic mass is 9.83. The van der Waals surface area contributed by atoms with Crippen molar-refractivity contribution >= 4 is 0 Å². The lowest BCUT2D eigenvalue weighted by Crippen LogP contribution is -2.33. The SMILES string of the molecule is CCc1cccc(F)c1COC1CC(CO)C1. The Hall–Kier alpha value is -0.930. The third-order valence-electron chi connectivity index (χ3n) is 3.51. The van der Waals surface area contributed by atoms with Gasteiger partial charge in [-0.05, 0) is 36.8 Å². The topological polar surface area (TPSA) is 29.5 Å². The van der Waals surface area contributed by atoms with E-state index >= 15 is 0 Å². The fourth-order valence-corrected chi connectivity index (χ4v) is 2.26. The molecule has 0 amide bonds. The van der Waals surface area contributed by atoms with E-state index in [9.17, 15) is 4.39 Å². The number of halogens is 1. The molecular formula is C14H19FO2. The molecule has 1 aromatic rings. The van der Waals surface area contributed by atoms with Crippen molar-refractivity contribution in [2.75, 3.05) is 6.61 Å². The summed E-state index contributed by atoms with van der Waals surface area (Å²) in [5.74, 6) is 0.202. The van der Waals surface area contributed by atoms with E-state index in [0.29, 0.717) is 18.1 Å². The quantitative estimate of drug-likeness (QED) is 0.854. The molecule has 0 unspecified atom stereocenters. The molecule has 1 aliphatic carbocycles. The van der Waals surface area contributed by atoms with Gasteiger partial charge >= 0.3 is 0 Å². The first kappa shape index (κ1) is 12.5. The van der Waals surface area contributed by atoms with Gasteiger partial charge in [0, 0.05) is 12.2 Å². The van der Waals surface area contributed by atoms with E-state index in [1.165, 1.54) is 6.07 Å². The standard InChI is InChI=1S/C14H19FO2/c1-2-11-4-3-5-14(15)13(11)9-17-12-6-10(7-12)8-16/h3-5,10,12,16H,2,6-9H2,1H3. The van der Waals surface area contributed by atoms with E-state index in [4.69, 9.17) is 9.84 Å². The normalized spacial score (nSPS) is 23.5. The average molecular weight is 238 g/mol. The van der Waals surface area contributed by atoms with Gasteiger partial charge in [-0.25, -0.2) is 4.39 Å². The lowest BCUT2D eigenvalue weighted by molar-refractivity contribution is -0.0541. The zero-order chi connectivity index (χ0) is 12.3. The smallest absolute Gasteiger partial charge is 0.128 e. The number of aliphatic hydroxyl groups excluding tert-OH is 1. The van der Waals surface area contributed by atoms with E-state index in [-0.39, 0.29) is 18.5 Å². The van der Waals surface area contributed by atoms with Crippen LogP contribution in [0.1, 0.15) is 30.9 Å². The maximum absolute atomic E-state index is 13.6. The summed E-state index contributed by atoms with van der Waals surface area (Å²) in [6, 6.07) is 5.16. The van der Waals surface area contributed by atoms with Gasteiger partial charge < -0.3 is 9.84 Å². The monoisotopic (exact) mass is 238 g/mol. The van der Waals surface area contributed by atoms with Gasteiger partial charge in [0.05, 0.1) is 12.7 Å². The number of hydrogen-bond donors (Lipinski definition) is 1. The Kier molecular flexibility index (Phi) is 4.13. The molecule has 0 radical (unpaired) electrons. The Bertz CT molecular complexity index is 372. The Labute approximate surface area is 101 Å². The first-order valence-electron chi connectivity index (χ1n) is 6.23. The number of aryl methyl sites for hydroxylation is 1. The maximum Gasteiger partial charge on any atom is 0.128 e. The molecule has 1 saturated carbocycles. The molecule has 0 bridgehead atoms. The number of benzene rings is 1. The molecular weight excluding hydrogens is 219 g/mol. The highest BCUT2D eigenvalue weighted by Crippen LogP contribution is 2.30. The van der Waals surface area contributed by atoms with Crippen LogP contribution in [0.3, 0.4) is 0 Å². The van der Waals surface area contributed by atoms with E-state index in [1.54, 1.807) is 6.07 Å². The molecule has 0 aliphatic heterocycles. The molecule has 1 aliphatic rings. The van der Waals surface area contributed by atoms with Gasteiger partial charge in [-0.1, -0.05) is 19.1 Å². The van der Waals surface area contributed by atoms with Gasteiger partial charge in [-0.2, -0.15) is 0 Å². The summed E-state index contributed by atoms with van der Waals surface area (Å²) in [6.07, 6.45) is 2.80. The lowest BCUT2D eigenvalue weighted by Gasteiger charge is -2.34. The number of rotatable bonds is 5. The van der Waals surface area contributed by atoms with Gasteiger partial charge in [0.1, 0.15) is 5.82 Å². The fraction of sp³-hybridized carbons (Fsp3) is 0.571. The minimum absolute atomic E-state index is 0.178. The first-order chi connectivity index (χ1) is 8.24. The Morgan fingerprint density at radius 2 is 2.18 bits per heavy atom. The molecule has 17 heavy (non-hydrogen) atoms. The summed E-state index contributed by atoms with van der Waals surface area (Å²) in [5.41, 5.74) is 1.70. The molecule has 0 heterocycles. The van der Waals surface area contributed by atoms with Crippen molar-refractivity contribution < 1.29 is 14.2 Å². The third kappa shape index (κ3) is 2.85. The second-order valence-electron chi connectivity index (χ2n) is 4.68. The molecule has 0 aromatic heterocycles. The van der Waals surface area contributed by atoms with E-state index in [2.05, 4.69) is 0 Å².